The number of nitro groups is 1. The van der Waals surface area contributed by atoms with Crippen LogP contribution in [0.5, 0.6) is 11.5 Å². The van der Waals surface area contributed by atoms with Gasteiger partial charge in [-0.25, -0.2) is 10.2 Å². The largest absolute Gasteiger partial charge is 0.474 e. The molecule has 3 rings (SSSR count). The van der Waals surface area contributed by atoms with E-state index in [2.05, 4.69) is 10.5 Å². The maximum absolute atomic E-state index is 12.2. The first-order valence-corrected chi connectivity index (χ1v) is 10.0. The Morgan fingerprint density at radius 1 is 1.09 bits per heavy atom. The monoisotopic (exact) mass is 467 g/mol. The molecular weight excluding hydrogens is 450 g/mol. The van der Waals surface area contributed by atoms with Crippen molar-refractivity contribution in [1.82, 2.24) is 5.43 Å². The fourth-order valence-electron chi connectivity index (χ4n) is 2.62. The van der Waals surface area contributed by atoms with Crippen LogP contribution < -0.4 is 14.9 Å². The summed E-state index contributed by atoms with van der Waals surface area (Å²) in [6, 6.07) is 18.6. The van der Waals surface area contributed by atoms with Gasteiger partial charge in [0.1, 0.15) is 5.75 Å². The van der Waals surface area contributed by atoms with Crippen molar-refractivity contribution in [1.29, 1.82) is 0 Å². The van der Waals surface area contributed by atoms with Crippen molar-refractivity contribution in [2.45, 2.75) is 13.0 Å². The average Bonchev–Trinajstić information content (AvgIpc) is 2.80. The van der Waals surface area contributed by atoms with Crippen LogP contribution in [0.4, 0.5) is 5.69 Å². The zero-order valence-electron chi connectivity index (χ0n) is 17.3. The number of halogens is 1. The van der Waals surface area contributed by atoms with Gasteiger partial charge in [-0.3, -0.25) is 14.9 Å². The number of nitrogens with zero attached hydrogens (tertiary/aromatic N) is 2. The van der Waals surface area contributed by atoms with Crippen LogP contribution in [0.25, 0.3) is 0 Å². The number of esters is 1. The second kappa shape index (κ2) is 10.9. The standard InChI is InChI=1S/C23H18ClN3O6/c1-15(32-21-8-3-2-7-20(21)27(30)31)22(28)26-25-14-16-9-11-19(12-10-16)33-23(29)17-5-4-6-18(24)13-17/h2-15H,1H3,(H,26,28). The number of nitro benzene ring substituents is 1. The molecule has 0 aromatic heterocycles. The fourth-order valence-corrected chi connectivity index (χ4v) is 2.81. The highest BCUT2D eigenvalue weighted by molar-refractivity contribution is 6.30. The normalized spacial score (nSPS) is 11.6. The van der Waals surface area contributed by atoms with Crippen LogP contribution in [0.3, 0.4) is 0 Å². The number of hydrogen-bond donors (Lipinski definition) is 1. The quantitative estimate of drug-likeness (QED) is 0.172. The summed E-state index contributed by atoms with van der Waals surface area (Å²) in [5, 5.41) is 15.3. The van der Waals surface area contributed by atoms with Gasteiger partial charge >= 0.3 is 11.7 Å². The van der Waals surface area contributed by atoms with Crippen molar-refractivity contribution in [3.8, 4) is 11.5 Å². The molecule has 0 radical (unpaired) electrons. The lowest BCUT2D eigenvalue weighted by atomic mass is 10.2. The highest BCUT2D eigenvalue weighted by atomic mass is 35.5. The number of hydrazone groups is 1. The van der Waals surface area contributed by atoms with Crippen LogP contribution in [0.15, 0.2) is 77.9 Å². The summed E-state index contributed by atoms with van der Waals surface area (Å²) >= 11 is 5.88. The lowest BCUT2D eigenvalue weighted by Crippen LogP contribution is -2.33. The number of hydrogen-bond acceptors (Lipinski definition) is 7. The van der Waals surface area contributed by atoms with Crippen LogP contribution in [0.1, 0.15) is 22.8 Å². The van der Waals surface area contributed by atoms with Crippen molar-refractivity contribution >= 4 is 35.4 Å². The number of nitrogens with one attached hydrogen (secondary N) is 1. The van der Waals surface area contributed by atoms with Crippen LogP contribution in [-0.4, -0.2) is 29.1 Å². The second-order valence-corrected chi connectivity index (χ2v) is 7.12. The van der Waals surface area contributed by atoms with Crippen LogP contribution in [0, 0.1) is 10.1 Å². The van der Waals surface area contributed by atoms with Crippen molar-refractivity contribution < 1.29 is 24.0 Å². The summed E-state index contributed by atoms with van der Waals surface area (Å²) in [7, 11) is 0. The summed E-state index contributed by atoms with van der Waals surface area (Å²) in [6.07, 6.45) is 0.370. The first-order chi connectivity index (χ1) is 15.8. The van der Waals surface area contributed by atoms with Gasteiger partial charge in [0.15, 0.2) is 11.9 Å². The maximum Gasteiger partial charge on any atom is 0.343 e. The Morgan fingerprint density at radius 3 is 2.52 bits per heavy atom. The number of benzene rings is 3. The lowest BCUT2D eigenvalue weighted by Gasteiger charge is -2.12. The summed E-state index contributed by atoms with van der Waals surface area (Å²) in [5.74, 6) is -0.819. The van der Waals surface area contributed by atoms with E-state index in [0.717, 1.165) is 0 Å². The molecule has 3 aromatic rings. The number of amides is 1. The topological polar surface area (TPSA) is 120 Å². The molecule has 0 heterocycles. The Balaban J connectivity index is 1.53. The molecule has 0 aliphatic rings. The molecule has 168 valence electrons. The lowest BCUT2D eigenvalue weighted by molar-refractivity contribution is -0.386. The Bertz CT molecular complexity index is 1200. The fraction of sp³-hybridized carbons (Fsp3) is 0.0870. The van der Waals surface area contributed by atoms with Gasteiger partial charge in [-0.1, -0.05) is 29.8 Å². The van der Waals surface area contributed by atoms with Gasteiger partial charge in [0.05, 0.1) is 16.7 Å². The Morgan fingerprint density at radius 2 is 1.82 bits per heavy atom. The van der Waals surface area contributed by atoms with Gasteiger partial charge in [-0.2, -0.15) is 5.10 Å². The van der Waals surface area contributed by atoms with Gasteiger partial charge in [0, 0.05) is 11.1 Å². The van der Waals surface area contributed by atoms with Gasteiger partial charge in [-0.15, -0.1) is 0 Å². The number of carbonyl (C=O) groups excluding carboxylic acids is 2. The third kappa shape index (κ3) is 6.62. The molecule has 9 nitrogen and oxygen atoms in total. The predicted octanol–water partition coefficient (Wildman–Crippen LogP) is 4.39. The van der Waals surface area contributed by atoms with Crippen molar-refractivity contribution in [3.63, 3.8) is 0 Å². The molecule has 1 amide bonds. The molecule has 0 bridgehead atoms. The smallest absolute Gasteiger partial charge is 0.343 e. The molecular formula is C23H18ClN3O6. The van der Waals surface area contributed by atoms with Crippen molar-refractivity contribution in [3.05, 3.63) is 99.1 Å². The van der Waals surface area contributed by atoms with E-state index in [1.54, 1.807) is 48.5 Å². The van der Waals surface area contributed by atoms with E-state index in [0.29, 0.717) is 21.9 Å². The van der Waals surface area contributed by atoms with E-state index in [-0.39, 0.29) is 11.4 Å². The van der Waals surface area contributed by atoms with E-state index < -0.39 is 22.9 Å². The number of ether oxygens (including phenoxy) is 2. The molecule has 0 fully saturated rings. The summed E-state index contributed by atoms with van der Waals surface area (Å²) < 4.78 is 10.7. The van der Waals surface area contributed by atoms with Gasteiger partial charge < -0.3 is 9.47 Å². The van der Waals surface area contributed by atoms with Gasteiger partial charge in [-0.05, 0) is 61.0 Å². The van der Waals surface area contributed by atoms with Crippen molar-refractivity contribution in [2.24, 2.45) is 5.10 Å². The van der Waals surface area contributed by atoms with E-state index >= 15 is 0 Å². The Labute approximate surface area is 193 Å². The average molecular weight is 468 g/mol. The van der Waals surface area contributed by atoms with E-state index in [9.17, 15) is 19.7 Å². The minimum Gasteiger partial charge on any atom is -0.474 e. The number of rotatable bonds is 8. The molecule has 0 saturated carbocycles. The Kier molecular flexibility index (Phi) is 7.72. The molecule has 1 atom stereocenters. The molecule has 10 heteroatoms. The van der Waals surface area contributed by atoms with E-state index in [1.165, 1.54) is 37.4 Å². The molecule has 0 spiro atoms. The minimum absolute atomic E-state index is 0.0166. The summed E-state index contributed by atoms with van der Waals surface area (Å²) in [6.45, 7) is 1.45. The zero-order chi connectivity index (χ0) is 23.8. The van der Waals surface area contributed by atoms with E-state index in [1.807, 2.05) is 0 Å². The highest BCUT2D eigenvalue weighted by Crippen LogP contribution is 2.26. The summed E-state index contributed by atoms with van der Waals surface area (Å²) in [5.41, 5.74) is 3.03. The van der Waals surface area contributed by atoms with Crippen molar-refractivity contribution in [2.75, 3.05) is 0 Å². The number of carbonyl (C=O) groups is 2. The number of para-hydroxylation sites is 2. The zero-order valence-corrected chi connectivity index (χ0v) is 18.1. The molecule has 3 aromatic carbocycles. The first kappa shape index (κ1) is 23.4. The predicted molar refractivity (Wildman–Crippen MR) is 122 cm³/mol. The molecule has 0 aliphatic heterocycles. The molecule has 33 heavy (non-hydrogen) atoms. The maximum atomic E-state index is 12.2. The van der Waals surface area contributed by atoms with E-state index in [4.69, 9.17) is 21.1 Å². The first-order valence-electron chi connectivity index (χ1n) is 9.64. The Hall–Kier alpha value is -4.24. The van der Waals surface area contributed by atoms with Gasteiger partial charge in [0.2, 0.25) is 0 Å². The molecule has 1 unspecified atom stereocenters. The van der Waals surface area contributed by atoms with Gasteiger partial charge in [0.25, 0.3) is 5.91 Å². The van der Waals surface area contributed by atoms with Crippen LogP contribution in [0.2, 0.25) is 5.02 Å². The highest BCUT2D eigenvalue weighted by Gasteiger charge is 2.20. The third-order valence-corrected chi connectivity index (χ3v) is 4.51. The SMILES string of the molecule is CC(Oc1ccccc1[N+](=O)[O-])C(=O)NN=Cc1ccc(OC(=O)c2cccc(Cl)c2)cc1. The third-order valence-electron chi connectivity index (χ3n) is 4.27. The molecule has 0 aliphatic carbocycles. The second-order valence-electron chi connectivity index (χ2n) is 6.69. The molecule has 1 N–H and O–H groups in total. The minimum atomic E-state index is -1.02. The molecule has 0 saturated heterocycles. The van der Waals surface area contributed by atoms with Crippen LogP contribution >= 0.6 is 11.6 Å². The van der Waals surface area contributed by atoms with Crippen LogP contribution in [-0.2, 0) is 4.79 Å². The summed E-state index contributed by atoms with van der Waals surface area (Å²) in [4.78, 5) is 34.8.